The molecular formula is C18H26N2O2. The highest BCUT2D eigenvalue weighted by molar-refractivity contribution is 5.98. The first-order chi connectivity index (χ1) is 10.5. The number of hydrogen-bond acceptors (Lipinski definition) is 3. The minimum atomic E-state index is 0.0400. The summed E-state index contributed by atoms with van der Waals surface area (Å²) in [5.41, 5.74) is 7.60. The largest absolute Gasteiger partial charge is 0.340 e. The zero-order chi connectivity index (χ0) is 16.1. The number of aryl methyl sites for hydroxylation is 1. The van der Waals surface area contributed by atoms with Crippen LogP contribution in [0.4, 0.5) is 0 Å². The van der Waals surface area contributed by atoms with E-state index in [-0.39, 0.29) is 30.6 Å². The maximum Gasteiger partial charge on any atom is 0.223 e. The number of rotatable bonds is 6. The summed E-state index contributed by atoms with van der Waals surface area (Å²) < 4.78 is 0. The molecule has 2 unspecified atom stereocenters. The van der Waals surface area contributed by atoms with Crippen LogP contribution >= 0.6 is 0 Å². The van der Waals surface area contributed by atoms with Crippen LogP contribution in [0.2, 0.25) is 0 Å². The van der Waals surface area contributed by atoms with Crippen molar-refractivity contribution in [2.24, 2.45) is 11.7 Å². The molecule has 4 heteroatoms. The minimum Gasteiger partial charge on any atom is -0.340 e. The van der Waals surface area contributed by atoms with Gasteiger partial charge >= 0.3 is 0 Å². The molecule has 1 aliphatic heterocycles. The van der Waals surface area contributed by atoms with Gasteiger partial charge in [0, 0.05) is 31.0 Å². The number of nitrogens with zero attached hydrogens (tertiary/aromatic N) is 1. The minimum absolute atomic E-state index is 0.0400. The molecule has 1 saturated heterocycles. The van der Waals surface area contributed by atoms with Crippen molar-refractivity contribution in [3.05, 3.63) is 35.4 Å². The Morgan fingerprint density at radius 3 is 2.45 bits per heavy atom. The Morgan fingerprint density at radius 1 is 1.23 bits per heavy atom. The van der Waals surface area contributed by atoms with E-state index >= 15 is 0 Å². The predicted octanol–water partition coefficient (Wildman–Crippen LogP) is 2.41. The summed E-state index contributed by atoms with van der Waals surface area (Å²) >= 11 is 0. The van der Waals surface area contributed by atoms with E-state index in [4.69, 9.17) is 5.73 Å². The van der Waals surface area contributed by atoms with E-state index in [1.54, 1.807) is 0 Å². The van der Waals surface area contributed by atoms with Gasteiger partial charge in [-0.05, 0) is 37.8 Å². The van der Waals surface area contributed by atoms with E-state index in [0.29, 0.717) is 18.0 Å². The number of amides is 1. The third-order valence-corrected chi connectivity index (χ3v) is 4.57. The van der Waals surface area contributed by atoms with Crippen LogP contribution in [-0.2, 0) is 11.2 Å². The molecule has 1 heterocycles. The second kappa shape index (κ2) is 7.54. The van der Waals surface area contributed by atoms with Crippen molar-refractivity contribution >= 4 is 11.7 Å². The van der Waals surface area contributed by atoms with Crippen LogP contribution < -0.4 is 5.73 Å². The van der Waals surface area contributed by atoms with Gasteiger partial charge in [0.25, 0.3) is 0 Å². The van der Waals surface area contributed by atoms with Crippen molar-refractivity contribution in [2.45, 2.75) is 45.6 Å². The number of hydrogen-bond donors (Lipinski definition) is 1. The average Bonchev–Trinajstić information content (AvgIpc) is 2.93. The summed E-state index contributed by atoms with van der Waals surface area (Å²) in [4.78, 5) is 26.3. The maximum atomic E-state index is 12.3. The molecule has 0 aromatic heterocycles. The molecule has 2 atom stereocenters. The highest BCUT2D eigenvalue weighted by Crippen LogP contribution is 2.23. The van der Waals surface area contributed by atoms with E-state index in [1.807, 2.05) is 29.2 Å². The Morgan fingerprint density at radius 2 is 1.91 bits per heavy atom. The predicted molar refractivity (Wildman–Crippen MR) is 87.7 cm³/mol. The zero-order valence-corrected chi connectivity index (χ0v) is 13.5. The number of carbonyl (C=O) groups excluding carboxylic acids is 2. The van der Waals surface area contributed by atoms with Gasteiger partial charge in [-0.2, -0.15) is 0 Å². The molecule has 4 nitrogen and oxygen atoms in total. The summed E-state index contributed by atoms with van der Waals surface area (Å²) in [5, 5.41) is 0. The second-order valence-electron chi connectivity index (χ2n) is 6.21. The molecule has 0 saturated carbocycles. The molecule has 22 heavy (non-hydrogen) atoms. The molecule has 0 radical (unpaired) electrons. The Hall–Kier alpha value is -1.68. The molecule has 120 valence electrons. The highest BCUT2D eigenvalue weighted by Gasteiger charge is 2.31. The van der Waals surface area contributed by atoms with Crippen molar-refractivity contribution in [1.82, 2.24) is 4.90 Å². The fourth-order valence-electron chi connectivity index (χ4n) is 3.10. The Labute approximate surface area is 132 Å². The molecule has 2 N–H and O–H groups in total. The summed E-state index contributed by atoms with van der Waals surface area (Å²) in [5.74, 6) is 0.511. The number of nitrogens with two attached hydrogens (primary N) is 1. The van der Waals surface area contributed by atoms with Crippen molar-refractivity contribution in [2.75, 3.05) is 13.1 Å². The molecule has 1 amide bonds. The molecule has 1 aromatic carbocycles. The van der Waals surface area contributed by atoms with Crippen LogP contribution in [-0.4, -0.2) is 35.7 Å². The molecule has 0 bridgehead atoms. The van der Waals surface area contributed by atoms with E-state index in [1.165, 1.54) is 5.56 Å². The molecule has 0 spiro atoms. The van der Waals surface area contributed by atoms with E-state index < -0.39 is 0 Å². The zero-order valence-electron chi connectivity index (χ0n) is 13.5. The number of likely N-dealkylation sites (tertiary alicyclic amines) is 1. The van der Waals surface area contributed by atoms with Gasteiger partial charge in [-0.3, -0.25) is 9.59 Å². The lowest BCUT2D eigenvalue weighted by molar-refractivity contribution is -0.131. The lowest BCUT2D eigenvalue weighted by atomic mass is 10.0. The van der Waals surface area contributed by atoms with Gasteiger partial charge in [-0.1, -0.05) is 31.2 Å². The fraction of sp³-hybridized carbons (Fsp3) is 0.556. The molecule has 2 rings (SSSR count). The van der Waals surface area contributed by atoms with Crippen LogP contribution in [0.1, 0.15) is 49.0 Å². The van der Waals surface area contributed by atoms with Gasteiger partial charge < -0.3 is 10.6 Å². The number of ketones is 1. The van der Waals surface area contributed by atoms with Gasteiger partial charge in [0.15, 0.2) is 5.78 Å². The third-order valence-electron chi connectivity index (χ3n) is 4.57. The van der Waals surface area contributed by atoms with Crippen LogP contribution in [0.5, 0.6) is 0 Å². The SMILES string of the molecule is CCc1ccc(C(=O)CCC(=O)N2CC(CN)CC2C)cc1. The Kier molecular flexibility index (Phi) is 5.72. The van der Waals surface area contributed by atoms with Gasteiger partial charge in [0.1, 0.15) is 0 Å². The normalized spacial score (nSPS) is 21.1. The van der Waals surface area contributed by atoms with Crippen LogP contribution in [0.3, 0.4) is 0 Å². The van der Waals surface area contributed by atoms with Crippen molar-refractivity contribution in [1.29, 1.82) is 0 Å². The van der Waals surface area contributed by atoms with Gasteiger partial charge in [-0.25, -0.2) is 0 Å². The monoisotopic (exact) mass is 302 g/mol. The van der Waals surface area contributed by atoms with Crippen molar-refractivity contribution in [3.8, 4) is 0 Å². The summed E-state index contributed by atoms with van der Waals surface area (Å²) in [6.45, 7) is 5.49. The standard InChI is InChI=1S/C18H26N2O2/c1-3-14-4-6-16(7-5-14)17(21)8-9-18(22)20-12-15(11-19)10-13(20)2/h4-7,13,15H,3,8-12,19H2,1-2H3. The first-order valence-electron chi connectivity index (χ1n) is 8.16. The Bertz CT molecular complexity index is 524. The average molecular weight is 302 g/mol. The van der Waals surface area contributed by atoms with Crippen molar-refractivity contribution in [3.63, 3.8) is 0 Å². The van der Waals surface area contributed by atoms with Crippen molar-refractivity contribution < 1.29 is 9.59 Å². The van der Waals surface area contributed by atoms with Gasteiger partial charge in [0.2, 0.25) is 5.91 Å². The molecule has 1 aliphatic rings. The van der Waals surface area contributed by atoms with Crippen LogP contribution in [0.15, 0.2) is 24.3 Å². The molecule has 0 aliphatic carbocycles. The maximum absolute atomic E-state index is 12.3. The first kappa shape index (κ1) is 16.7. The number of carbonyl (C=O) groups is 2. The lowest BCUT2D eigenvalue weighted by Gasteiger charge is -2.21. The highest BCUT2D eigenvalue weighted by atomic mass is 16.2. The summed E-state index contributed by atoms with van der Waals surface area (Å²) in [6.07, 6.45) is 2.49. The lowest BCUT2D eigenvalue weighted by Crippen LogP contribution is -2.34. The van der Waals surface area contributed by atoms with Gasteiger partial charge in [-0.15, -0.1) is 0 Å². The molecule has 1 aromatic rings. The second-order valence-corrected chi connectivity index (χ2v) is 6.21. The van der Waals surface area contributed by atoms with E-state index in [0.717, 1.165) is 19.4 Å². The van der Waals surface area contributed by atoms with Crippen LogP contribution in [0, 0.1) is 5.92 Å². The van der Waals surface area contributed by atoms with Crippen LogP contribution in [0.25, 0.3) is 0 Å². The third kappa shape index (κ3) is 3.95. The summed E-state index contributed by atoms with van der Waals surface area (Å²) in [6, 6.07) is 7.90. The van der Waals surface area contributed by atoms with E-state index in [9.17, 15) is 9.59 Å². The van der Waals surface area contributed by atoms with Gasteiger partial charge in [0.05, 0.1) is 0 Å². The first-order valence-corrected chi connectivity index (χ1v) is 8.16. The summed E-state index contributed by atoms with van der Waals surface area (Å²) in [7, 11) is 0. The van der Waals surface area contributed by atoms with E-state index in [2.05, 4.69) is 13.8 Å². The Balaban J connectivity index is 1.86. The molecule has 1 fully saturated rings. The quantitative estimate of drug-likeness (QED) is 0.821. The topological polar surface area (TPSA) is 63.4 Å². The smallest absolute Gasteiger partial charge is 0.223 e. The number of benzene rings is 1. The molecular weight excluding hydrogens is 276 g/mol. The number of Topliss-reactive ketones (excluding diaryl/α,β-unsaturated/α-hetero) is 1. The fourth-order valence-corrected chi connectivity index (χ4v) is 3.10.